The van der Waals surface area contributed by atoms with E-state index in [9.17, 15) is 13.6 Å². The first kappa shape index (κ1) is 15.9. The number of rotatable bonds is 5. The SMILES string of the molecule is CCCCOC(=O)N(c1ccccc1)c1cc(F)cc(F)c1. The van der Waals surface area contributed by atoms with Crippen molar-refractivity contribution in [1.82, 2.24) is 0 Å². The molecule has 0 heterocycles. The molecule has 0 aliphatic heterocycles. The van der Waals surface area contributed by atoms with Crippen molar-refractivity contribution in [3.63, 3.8) is 0 Å². The van der Waals surface area contributed by atoms with Crippen LogP contribution in [0.4, 0.5) is 25.0 Å². The summed E-state index contributed by atoms with van der Waals surface area (Å²) in [6.07, 6.45) is 0.948. The van der Waals surface area contributed by atoms with Crippen LogP contribution in [-0.4, -0.2) is 12.7 Å². The van der Waals surface area contributed by atoms with Crippen LogP contribution < -0.4 is 4.90 Å². The average Bonchev–Trinajstić information content (AvgIpc) is 2.48. The molecule has 2 aromatic carbocycles. The smallest absolute Gasteiger partial charge is 0.418 e. The summed E-state index contributed by atoms with van der Waals surface area (Å²) in [4.78, 5) is 13.5. The topological polar surface area (TPSA) is 29.5 Å². The highest BCUT2D eigenvalue weighted by Gasteiger charge is 2.20. The standard InChI is InChI=1S/C17H17F2NO2/c1-2-3-9-22-17(21)20(15-7-5-4-6-8-15)16-11-13(18)10-14(19)12-16/h4-8,10-12H,2-3,9H2,1H3. The molecule has 22 heavy (non-hydrogen) atoms. The van der Waals surface area contributed by atoms with Crippen molar-refractivity contribution in [3.8, 4) is 0 Å². The van der Waals surface area contributed by atoms with E-state index in [0.717, 1.165) is 35.9 Å². The number of carbonyl (C=O) groups excluding carboxylic acids is 1. The van der Waals surface area contributed by atoms with Crippen molar-refractivity contribution in [1.29, 1.82) is 0 Å². The van der Waals surface area contributed by atoms with Gasteiger partial charge in [0.15, 0.2) is 0 Å². The second-order valence-corrected chi connectivity index (χ2v) is 4.77. The molecule has 0 aliphatic rings. The Morgan fingerprint density at radius 1 is 1.05 bits per heavy atom. The van der Waals surface area contributed by atoms with E-state index < -0.39 is 17.7 Å². The van der Waals surface area contributed by atoms with Crippen LogP contribution in [0.15, 0.2) is 48.5 Å². The summed E-state index contributed by atoms with van der Waals surface area (Å²) in [5, 5.41) is 0. The number of ether oxygens (including phenoxy) is 1. The molecule has 0 fully saturated rings. The largest absolute Gasteiger partial charge is 0.449 e. The fourth-order valence-corrected chi connectivity index (χ4v) is 1.97. The molecular formula is C17H17F2NO2. The molecule has 2 aromatic rings. The maximum absolute atomic E-state index is 13.5. The number of benzene rings is 2. The van der Waals surface area contributed by atoms with Gasteiger partial charge < -0.3 is 4.74 Å². The number of nitrogens with zero attached hydrogens (tertiary/aromatic N) is 1. The number of unbranched alkanes of at least 4 members (excludes halogenated alkanes) is 1. The van der Waals surface area contributed by atoms with Crippen molar-refractivity contribution in [2.75, 3.05) is 11.5 Å². The Bertz CT molecular complexity index is 612. The van der Waals surface area contributed by atoms with Gasteiger partial charge in [-0.15, -0.1) is 0 Å². The summed E-state index contributed by atoms with van der Waals surface area (Å²) in [6, 6.07) is 11.5. The molecule has 0 bridgehead atoms. The fourth-order valence-electron chi connectivity index (χ4n) is 1.97. The van der Waals surface area contributed by atoms with Crippen LogP contribution in [0.3, 0.4) is 0 Å². The number of halogens is 2. The predicted octanol–water partition coefficient (Wildman–Crippen LogP) is 5.04. The molecule has 0 saturated carbocycles. The summed E-state index contributed by atoms with van der Waals surface area (Å²) in [7, 11) is 0. The van der Waals surface area contributed by atoms with Crippen LogP contribution in [0.2, 0.25) is 0 Å². The van der Waals surface area contributed by atoms with Crippen molar-refractivity contribution in [2.24, 2.45) is 0 Å². The lowest BCUT2D eigenvalue weighted by Crippen LogP contribution is -2.27. The van der Waals surface area contributed by atoms with Crippen molar-refractivity contribution >= 4 is 17.5 Å². The van der Waals surface area contributed by atoms with E-state index in [1.807, 2.05) is 6.92 Å². The first-order chi connectivity index (χ1) is 10.6. The lowest BCUT2D eigenvalue weighted by atomic mass is 10.2. The Hall–Kier alpha value is -2.43. The van der Waals surface area contributed by atoms with Gasteiger partial charge in [-0.3, -0.25) is 0 Å². The summed E-state index contributed by atoms with van der Waals surface area (Å²) in [6.45, 7) is 2.24. The molecule has 0 saturated heterocycles. The Morgan fingerprint density at radius 2 is 1.68 bits per heavy atom. The number of anilines is 2. The highest BCUT2D eigenvalue weighted by atomic mass is 19.1. The van der Waals surface area contributed by atoms with Gasteiger partial charge >= 0.3 is 6.09 Å². The second kappa shape index (κ2) is 7.54. The number of hydrogen-bond acceptors (Lipinski definition) is 2. The summed E-state index contributed by atoms with van der Waals surface area (Å²) in [5.74, 6) is -1.51. The number of para-hydroxylation sites is 1. The summed E-state index contributed by atoms with van der Waals surface area (Å²) >= 11 is 0. The number of amides is 1. The van der Waals surface area contributed by atoms with Crippen LogP contribution in [0, 0.1) is 11.6 Å². The van der Waals surface area contributed by atoms with Crippen molar-refractivity contribution in [3.05, 3.63) is 60.2 Å². The van der Waals surface area contributed by atoms with E-state index in [1.54, 1.807) is 30.3 Å². The summed E-state index contributed by atoms with van der Waals surface area (Å²) < 4.78 is 32.1. The van der Waals surface area contributed by atoms with Gasteiger partial charge in [-0.2, -0.15) is 0 Å². The molecule has 0 unspecified atom stereocenters. The number of hydrogen-bond donors (Lipinski definition) is 0. The Kier molecular flexibility index (Phi) is 5.47. The second-order valence-electron chi connectivity index (χ2n) is 4.77. The molecule has 0 spiro atoms. The first-order valence-electron chi connectivity index (χ1n) is 7.10. The third-order valence-corrected chi connectivity index (χ3v) is 3.03. The molecule has 0 N–H and O–H groups in total. The lowest BCUT2D eigenvalue weighted by molar-refractivity contribution is 0.155. The van der Waals surface area contributed by atoms with E-state index >= 15 is 0 Å². The zero-order chi connectivity index (χ0) is 15.9. The minimum absolute atomic E-state index is 0.0881. The minimum Gasteiger partial charge on any atom is -0.449 e. The average molecular weight is 305 g/mol. The van der Waals surface area contributed by atoms with E-state index in [0.29, 0.717) is 5.69 Å². The van der Waals surface area contributed by atoms with Crippen LogP contribution >= 0.6 is 0 Å². The van der Waals surface area contributed by atoms with Crippen molar-refractivity contribution in [2.45, 2.75) is 19.8 Å². The van der Waals surface area contributed by atoms with E-state index in [1.165, 1.54) is 0 Å². The van der Waals surface area contributed by atoms with Gasteiger partial charge in [-0.05, 0) is 30.7 Å². The van der Waals surface area contributed by atoms with Crippen LogP contribution in [0.1, 0.15) is 19.8 Å². The maximum atomic E-state index is 13.5. The molecule has 0 aromatic heterocycles. The maximum Gasteiger partial charge on any atom is 0.418 e. The van der Waals surface area contributed by atoms with E-state index in [4.69, 9.17) is 4.74 Å². The van der Waals surface area contributed by atoms with Crippen molar-refractivity contribution < 1.29 is 18.3 Å². The minimum atomic E-state index is -0.753. The van der Waals surface area contributed by atoms with Crippen LogP contribution in [0.25, 0.3) is 0 Å². The van der Waals surface area contributed by atoms with Gasteiger partial charge in [-0.1, -0.05) is 31.5 Å². The number of carbonyl (C=O) groups is 1. The Morgan fingerprint density at radius 3 is 2.27 bits per heavy atom. The molecule has 5 heteroatoms. The quantitative estimate of drug-likeness (QED) is 0.724. The van der Waals surface area contributed by atoms with Gasteiger partial charge in [0, 0.05) is 6.07 Å². The zero-order valence-electron chi connectivity index (χ0n) is 12.3. The Labute approximate surface area is 128 Å². The normalized spacial score (nSPS) is 10.3. The van der Waals surface area contributed by atoms with Gasteiger partial charge in [0.05, 0.1) is 18.0 Å². The molecule has 3 nitrogen and oxygen atoms in total. The lowest BCUT2D eigenvalue weighted by Gasteiger charge is -2.22. The zero-order valence-corrected chi connectivity index (χ0v) is 12.3. The molecular weight excluding hydrogens is 288 g/mol. The third-order valence-electron chi connectivity index (χ3n) is 3.03. The third kappa shape index (κ3) is 4.04. The molecule has 0 radical (unpaired) electrons. The fraction of sp³-hybridized carbons (Fsp3) is 0.235. The molecule has 1 amide bonds. The molecule has 2 rings (SSSR count). The van der Waals surface area contributed by atoms with Crippen LogP contribution in [-0.2, 0) is 4.74 Å². The molecule has 116 valence electrons. The van der Waals surface area contributed by atoms with E-state index in [2.05, 4.69) is 0 Å². The highest BCUT2D eigenvalue weighted by Crippen LogP contribution is 2.27. The van der Waals surface area contributed by atoms with Gasteiger partial charge in [0.1, 0.15) is 11.6 Å². The van der Waals surface area contributed by atoms with Gasteiger partial charge in [0.25, 0.3) is 0 Å². The van der Waals surface area contributed by atoms with Gasteiger partial charge in [-0.25, -0.2) is 18.5 Å². The molecule has 0 atom stereocenters. The molecule has 0 aliphatic carbocycles. The first-order valence-corrected chi connectivity index (χ1v) is 7.10. The predicted molar refractivity (Wildman–Crippen MR) is 81.2 cm³/mol. The van der Waals surface area contributed by atoms with E-state index in [-0.39, 0.29) is 12.3 Å². The monoisotopic (exact) mass is 305 g/mol. The summed E-state index contributed by atoms with van der Waals surface area (Å²) in [5.41, 5.74) is 0.569. The Balaban J connectivity index is 2.35. The highest BCUT2D eigenvalue weighted by molar-refractivity contribution is 5.95. The van der Waals surface area contributed by atoms with Crippen LogP contribution in [0.5, 0.6) is 0 Å². The van der Waals surface area contributed by atoms with Gasteiger partial charge in [0.2, 0.25) is 0 Å².